The fraction of sp³-hybridized carbons (Fsp3) is 0.538. The zero-order chi connectivity index (χ0) is 20.4. The lowest BCUT2D eigenvalue weighted by molar-refractivity contribution is -0.156. The van der Waals surface area contributed by atoms with Gasteiger partial charge in [0.15, 0.2) is 17.7 Å². The van der Waals surface area contributed by atoms with Crippen LogP contribution in [-0.2, 0) is 14.3 Å². The molecule has 3 heterocycles. The molecule has 0 spiro atoms. The van der Waals surface area contributed by atoms with E-state index in [1.165, 1.54) is 17.2 Å². The summed E-state index contributed by atoms with van der Waals surface area (Å²) < 4.78 is 11.9. The Balaban J connectivity index is 1.66. The standard InChI is InChI=1S/C13H18N8O7/c14-5(1-21(26)19-25)13(24)27-2-6-8(22)9(23)12(28-6)20-4-18-7-10(15)16-3-17-11(7)20/h3-6,8-9,12,22-23,26H,1-2,14H2,(H2,15,16,17)/t5-,6+,8+,9+,12+/m0/s1. The molecule has 1 saturated heterocycles. The van der Waals surface area contributed by atoms with E-state index in [0.717, 1.165) is 0 Å². The Morgan fingerprint density at radius 1 is 1.39 bits per heavy atom. The number of rotatable bonds is 7. The normalized spacial score (nSPS) is 25.6. The van der Waals surface area contributed by atoms with Gasteiger partial charge in [-0.15, -0.1) is 10.1 Å². The van der Waals surface area contributed by atoms with Crippen molar-refractivity contribution in [2.75, 3.05) is 18.9 Å². The van der Waals surface area contributed by atoms with Crippen LogP contribution in [0.3, 0.4) is 0 Å². The minimum Gasteiger partial charge on any atom is -0.462 e. The molecule has 15 nitrogen and oxygen atoms in total. The van der Waals surface area contributed by atoms with Crippen molar-refractivity contribution in [1.82, 2.24) is 24.7 Å². The van der Waals surface area contributed by atoms with E-state index >= 15 is 0 Å². The highest BCUT2D eigenvalue weighted by atomic mass is 16.6. The summed E-state index contributed by atoms with van der Waals surface area (Å²) >= 11 is 0. The molecule has 0 saturated carbocycles. The van der Waals surface area contributed by atoms with Crippen LogP contribution in [0.15, 0.2) is 17.9 Å². The molecule has 0 unspecified atom stereocenters. The summed E-state index contributed by atoms with van der Waals surface area (Å²) in [5, 5.41) is 31.5. The molecule has 3 rings (SSSR count). The van der Waals surface area contributed by atoms with E-state index in [1.54, 1.807) is 0 Å². The summed E-state index contributed by atoms with van der Waals surface area (Å²) in [5.41, 5.74) is 11.8. The van der Waals surface area contributed by atoms with Crippen LogP contribution in [-0.4, -0.2) is 83.6 Å². The van der Waals surface area contributed by atoms with Gasteiger partial charge in [-0.3, -0.25) is 14.6 Å². The Kier molecular flexibility index (Phi) is 5.61. The van der Waals surface area contributed by atoms with E-state index in [1.807, 2.05) is 0 Å². The number of aromatic nitrogens is 4. The number of nitrogen functional groups attached to an aromatic ring is 1. The Bertz CT molecular complexity index is 863. The quantitative estimate of drug-likeness (QED) is 0.182. The van der Waals surface area contributed by atoms with Crippen molar-refractivity contribution in [2.24, 2.45) is 11.0 Å². The number of aliphatic hydroxyl groups excluding tert-OH is 2. The molecule has 0 bridgehead atoms. The average molecular weight is 398 g/mol. The number of fused-ring (bicyclic) bond motifs is 1. The number of carbonyl (C=O) groups excluding carboxylic acids is 1. The Morgan fingerprint density at radius 2 is 2.14 bits per heavy atom. The number of esters is 1. The highest BCUT2D eigenvalue weighted by Gasteiger charge is 2.45. The van der Waals surface area contributed by atoms with E-state index in [-0.39, 0.29) is 16.6 Å². The van der Waals surface area contributed by atoms with Gasteiger partial charge in [0.05, 0.1) is 18.2 Å². The second-order valence-corrected chi connectivity index (χ2v) is 6.00. The van der Waals surface area contributed by atoms with Crippen molar-refractivity contribution in [2.45, 2.75) is 30.6 Å². The van der Waals surface area contributed by atoms with Crippen molar-refractivity contribution < 1.29 is 29.7 Å². The van der Waals surface area contributed by atoms with Crippen molar-refractivity contribution >= 4 is 23.0 Å². The van der Waals surface area contributed by atoms with E-state index < -0.39 is 49.7 Å². The number of imidazole rings is 1. The number of ether oxygens (including phenoxy) is 2. The molecule has 7 N–H and O–H groups in total. The number of hydroxylamine groups is 1. The van der Waals surface area contributed by atoms with E-state index in [2.05, 4.69) is 20.2 Å². The first-order valence-corrected chi connectivity index (χ1v) is 8.00. The number of hydrogen-bond acceptors (Lipinski definition) is 13. The van der Waals surface area contributed by atoms with Crippen LogP contribution in [0.25, 0.3) is 11.2 Å². The van der Waals surface area contributed by atoms with Crippen LogP contribution in [0.1, 0.15) is 6.23 Å². The number of nitroso groups, excluding NO2 is 1. The van der Waals surface area contributed by atoms with Crippen LogP contribution < -0.4 is 11.5 Å². The number of hydrogen-bond donors (Lipinski definition) is 5. The lowest BCUT2D eigenvalue weighted by Crippen LogP contribution is -2.42. The number of anilines is 1. The van der Waals surface area contributed by atoms with Crippen molar-refractivity contribution in [1.29, 1.82) is 0 Å². The molecule has 0 radical (unpaired) electrons. The van der Waals surface area contributed by atoms with Gasteiger partial charge in [0, 0.05) is 0 Å². The third kappa shape index (κ3) is 3.69. The van der Waals surface area contributed by atoms with Crippen molar-refractivity contribution in [3.8, 4) is 0 Å². The molecule has 0 aromatic carbocycles. The lowest BCUT2D eigenvalue weighted by Gasteiger charge is -2.17. The van der Waals surface area contributed by atoms with E-state index in [4.69, 9.17) is 26.1 Å². The smallest absolute Gasteiger partial charge is 0.325 e. The number of aliphatic hydroxyl groups is 2. The maximum atomic E-state index is 11.8. The molecule has 2 aromatic heterocycles. The Morgan fingerprint density at radius 3 is 2.86 bits per heavy atom. The van der Waals surface area contributed by atoms with E-state index in [0.29, 0.717) is 5.52 Å². The van der Waals surface area contributed by atoms with Gasteiger partial charge in [0.2, 0.25) is 0 Å². The second-order valence-electron chi connectivity index (χ2n) is 6.00. The highest BCUT2D eigenvalue weighted by Crippen LogP contribution is 2.32. The van der Waals surface area contributed by atoms with Gasteiger partial charge >= 0.3 is 5.97 Å². The summed E-state index contributed by atoms with van der Waals surface area (Å²) in [6, 6.07) is -1.36. The lowest BCUT2D eigenvalue weighted by atomic mass is 10.1. The fourth-order valence-corrected chi connectivity index (χ4v) is 2.71. The Labute approximate surface area is 156 Å². The number of nitrogens with zero attached hydrogens (tertiary/aromatic N) is 6. The van der Waals surface area contributed by atoms with Crippen LogP contribution in [0.5, 0.6) is 0 Å². The third-order valence-electron chi connectivity index (χ3n) is 4.15. The van der Waals surface area contributed by atoms with E-state index in [9.17, 15) is 19.9 Å². The number of nitrogens with two attached hydrogens (primary N) is 2. The van der Waals surface area contributed by atoms with Gasteiger partial charge in [-0.2, -0.15) is 0 Å². The summed E-state index contributed by atoms with van der Waals surface area (Å²) in [5.74, 6) is -0.830. The Hall–Kier alpha value is -2.98. The molecule has 5 atom stereocenters. The zero-order valence-corrected chi connectivity index (χ0v) is 14.3. The van der Waals surface area contributed by atoms with Gasteiger partial charge in [0.1, 0.15) is 42.8 Å². The molecule has 2 aromatic rings. The maximum Gasteiger partial charge on any atom is 0.325 e. The topological polar surface area (TPSA) is 225 Å². The zero-order valence-electron chi connectivity index (χ0n) is 14.3. The minimum atomic E-state index is -1.39. The third-order valence-corrected chi connectivity index (χ3v) is 4.15. The first kappa shape index (κ1) is 19.8. The molecular weight excluding hydrogens is 380 g/mol. The molecule has 28 heavy (non-hydrogen) atoms. The predicted octanol–water partition coefficient (Wildman–Crippen LogP) is -2.73. The van der Waals surface area contributed by atoms with Crippen LogP contribution in [0.2, 0.25) is 0 Å². The van der Waals surface area contributed by atoms with Gasteiger partial charge in [-0.25, -0.2) is 15.0 Å². The first-order chi connectivity index (χ1) is 13.3. The molecule has 1 aliphatic rings. The molecule has 1 fully saturated rings. The molecule has 0 amide bonds. The van der Waals surface area contributed by atoms with Crippen molar-refractivity contribution in [3.63, 3.8) is 0 Å². The van der Waals surface area contributed by atoms with Crippen LogP contribution in [0, 0.1) is 4.91 Å². The highest BCUT2D eigenvalue weighted by molar-refractivity contribution is 5.81. The van der Waals surface area contributed by atoms with Gasteiger partial charge in [-0.1, -0.05) is 0 Å². The molecule has 0 aliphatic carbocycles. The molecular formula is C13H18N8O7. The van der Waals surface area contributed by atoms with Crippen LogP contribution in [0.4, 0.5) is 5.82 Å². The average Bonchev–Trinajstić information content (AvgIpc) is 3.22. The van der Waals surface area contributed by atoms with Crippen LogP contribution >= 0.6 is 0 Å². The predicted molar refractivity (Wildman–Crippen MR) is 88.9 cm³/mol. The largest absolute Gasteiger partial charge is 0.462 e. The summed E-state index contributed by atoms with van der Waals surface area (Å²) in [4.78, 5) is 33.8. The van der Waals surface area contributed by atoms with Gasteiger partial charge < -0.3 is 31.2 Å². The fourth-order valence-electron chi connectivity index (χ4n) is 2.71. The summed E-state index contributed by atoms with van der Waals surface area (Å²) in [6.07, 6.45) is -2.38. The molecule has 15 heteroatoms. The second kappa shape index (κ2) is 7.95. The summed E-state index contributed by atoms with van der Waals surface area (Å²) in [7, 11) is 0. The van der Waals surface area contributed by atoms with Gasteiger partial charge in [0.25, 0.3) is 0 Å². The summed E-state index contributed by atoms with van der Waals surface area (Å²) in [6.45, 7) is -1.02. The molecule has 152 valence electrons. The monoisotopic (exact) mass is 398 g/mol. The maximum absolute atomic E-state index is 11.8. The first-order valence-electron chi connectivity index (χ1n) is 8.00. The molecule has 1 aliphatic heterocycles. The minimum absolute atomic E-state index is 0.0512. The van der Waals surface area contributed by atoms with Crippen molar-refractivity contribution in [3.05, 3.63) is 17.6 Å². The van der Waals surface area contributed by atoms with Gasteiger partial charge in [-0.05, 0) is 0 Å². The number of carbonyl (C=O) groups is 1. The SMILES string of the molecule is Nc1ncnc2c1ncn2[C@@H]1O[C@H](COC(=O)[C@@H](N)CN(O)N=O)[C@@H](O)[C@H]1O.